The monoisotopic (exact) mass is 318 g/mol. The zero-order valence-electron chi connectivity index (χ0n) is 10.4. The van der Waals surface area contributed by atoms with Crippen molar-refractivity contribution in [2.45, 2.75) is 18.7 Å². The molecule has 96 valence electrons. The van der Waals surface area contributed by atoms with Crippen molar-refractivity contribution in [3.05, 3.63) is 23.8 Å². The molecule has 0 fully saturated rings. The summed E-state index contributed by atoms with van der Waals surface area (Å²) in [5.74, 6) is 2.81. The molecular weight excluding hydrogens is 300 g/mol. The fourth-order valence-electron chi connectivity index (χ4n) is 1.41. The normalized spacial score (nSPS) is 10.3. The van der Waals surface area contributed by atoms with E-state index in [9.17, 15) is 0 Å². The van der Waals surface area contributed by atoms with Crippen molar-refractivity contribution < 1.29 is 9.47 Å². The van der Waals surface area contributed by atoms with E-state index in [0.717, 1.165) is 35.6 Å². The van der Waals surface area contributed by atoms with E-state index < -0.39 is 0 Å². The highest BCUT2D eigenvalue weighted by molar-refractivity contribution is 9.08. The Bertz CT molecular complexity index is 331. The molecule has 0 unspecified atom stereocenters. The third-order valence-electron chi connectivity index (χ3n) is 2.21. The van der Waals surface area contributed by atoms with Crippen LogP contribution in [0, 0.1) is 0 Å². The van der Waals surface area contributed by atoms with Gasteiger partial charge in [0.15, 0.2) is 11.5 Å². The van der Waals surface area contributed by atoms with E-state index in [1.54, 1.807) is 0 Å². The minimum atomic E-state index is 0.660. The molecule has 0 atom stereocenters. The van der Waals surface area contributed by atoms with E-state index in [1.807, 2.05) is 30.8 Å². The molecule has 0 spiro atoms. The summed E-state index contributed by atoms with van der Waals surface area (Å²) in [6.45, 7) is 3.39. The second-order valence-electron chi connectivity index (χ2n) is 3.54. The number of hydrogen-bond donors (Lipinski definition) is 0. The number of hydrogen-bond acceptors (Lipinski definition) is 3. The second kappa shape index (κ2) is 8.70. The van der Waals surface area contributed by atoms with Gasteiger partial charge in [0, 0.05) is 5.33 Å². The van der Waals surface area contributed by atoms with Crippen molar-refractivity contribution in [3.8, 4) is 11.5 Å². The first-order chi connectivity index (χ1) is 8.31. The van der Waals surface area contributed by atoms with Gasteiger partial charge in [-0.05, 0) is 43.0 Å². The molecule has 0 saturated carbocycles. The molecule has 2 nitrogen and oxygen atoms in total. The summed E-state index contributed by atoms with van der Waals surface area (Å²) in [5.41, 5.74) is 1.20. The van der Waals surface area contributed by atoms with Gasteiger partial charge in [-0.25, -0.2) is 0 Å². The Balaban J connectivity index is 2.62. The topological polar surface area (TPSA) is 18.5 Å². The van der Waals surface area contributed by atoms with Gasteiger partial charge in [-0.1, -0.05) is 22.0 Å². The Labute approximate surface area is 116 Å². The Morgan fingerprint density at radius 2 is 2.06 bits per heavy atom. The highest BCUT2D eigenvalue weighted by Crippen LogP contribution is 2.29. The lowest BCUT2D eigenvalue weighted by Gasteiger charge is -2.12. The van der Waals surface area contributed by atoms with E-state index in [4.69, 9.17) is 9.47 Å². The number of ether oxygens (including phenoxy) is 2. The smallest absolute Gasteiger partial charge is 0.161 e. The summed E-state index contributed by atoms with van der Waals surface area (Å²) < 4.78 is 11.3. The number of rotatable bonds is 8. The van der Waals surface area contributed by atoms with Gasteiger partial charge < -0.3 is 9.47 Å². The predicted molar refractivity (Wildman–Crippen MR) is 78.7 cm³/mol. The molecule has 0 aromatic heterocycles. The van der Waals surface area contributed by atoms with Crippen LogP contribution in [0.3, 0.4) is 0 Å². The zero-order valence-corrected chi connectivity index (χ0v) is 12.8. The fourth-order valence-corrected chi connectivity index (χ4v) is 2.16. The molecule has 0 aliphatic rings. The SMILES string of the molecule is CCOc1cc(CBr)ccc1OCCCSC. The molecule has 1 rings (SSSR count). The summed E-state index contributed by atoms with van der Waals surface area (Å²) in [7, 11) is 0. The van der Waals surface area contributed by atoms with Crippen LogP contribution in [0.25, 0.3) is 0 Å². The average molecular weight is 319 g/mol. The van der Waals surface area contributed by atoms with Crippen LogP contribution in [0.5, 0.6) is 11.5 Å². The zero-order chi connectivity index (χ0) is 12.5. The molecule has 0 saturated heterocycles. The van der Waals surface area contributed by atoms with Crippen molar-refractivity contribution >= 4 is 27.7 Å². The third kappa shape index (κ3) is 5.21. The average Bonchev–Trinajstić information content (AvgIpc) is 2.36. The number of alkyl halides is 1. The van der Waals surface area contributed by atoms with Crippen molar-refractivity contribution in [2.24, 2.45) is 0 Å². The van der Waals surface area contributed by atoms with Crippen LogP contribution in [0.2, 0.25) is 0 Å². The van der Waals surface area contributed by atoms with Crippen molar-refractivity contribution in [2.75, 3.05) is 25.2 Å². The molecule has 0 radical (unpaired) electrons. The van der Waals surface area contributed by atoms with Crippen LogP contribution >= 0.6 is 27.7 Å². The van der Waals surface area contributed by atoms with E-state index in [-0.39, 0.29) is 0 Å². The highest BCUT2D eigenvalue weighted by Gasteiger charge is 2.05. The first-order valence-electron chi connectivity index (χ1n) is 5.75. The quantitative estimate of drug-likeness (QED) is 0.531. The molecule has 0 bridgehead atoms. The number of thioether (sulfide) groups is 1. The molecule has 0 heterocycles. The predicted octanol–water partition coefficient (Wildman–Crippen LogP) is 4.11. The summed E-state index contributed by atoms with van der Waals surface area (Å²) in [4.78, 5) is 0. The van der Waals surface area contributed by atoms with Crippen LogP contribution in [0.15, 0.2) is 18.2 Å². The van der Waals surface area contributed by atoms with Crippen LogP contribution in [0.4, 0.5) is 0 Å². The molecule has 1 aromatic rings. The van der Waals surface area contributed by atoms with Crippen LogP contribution < -0.4 is 9.47 Å². The summed E-state index contributed by atoms with van der Waals surface area (Å²) >= 11 is 5.28. The standard InChI is InChI=1S/C13H19BrO2S/c1-3-15-13-9-11(10-14)5-6-12(13)16-7-4-8-17-2/h5-6,9H,3-4,7-8,10H2,1-2H3. The summed E-state index contributed by atoms with van der Waals surface area (Å²) in [5, 5.41) is 0.833. The van der Waals surface area contributed by atoms with Gasteiger partial charge in [0.05, 0.1) is 13.2 Å². The van der Waals surface area contributed by atoms with Gasteiger partial charge in [0.2, 0.25) is 0 Å². The molecule has 0 aliphatic heterocycles. The van der Waals surface area contributed by atoms with Gasteiger partial charge in [-0.15, -0.1) is 0 Å². The number of halogens is 1. The summed E-state index contributed by atoms with van der Waals surface area (Å²) in [6.07, 6.45) is 3.17. The highest BCUT2D eigenvalue weighted by atomic mass is 79.9. The fraction of sp³-hybridized carbons (Fsp3) is 0.538. The molecule has 0 N–H and O–H groups in total. The van der Waals surface area contributed by atoms with Crippen LogP contribution in [-0.4, -0.2) is 25.2 Å². The van der Waals surface area contributed by atoms with Gasteiger partial charge in [0.1, 0.15) is 0 Å². The molecule has 1 aromatic carbocycles. The van der Waals surface area contributed by atoms with Crippen LogP contribution in [0.1, 0.15) is 18.9 Å². The number of benzene rings is 1. The van der Waals surface area contributed by atoms with Crippen molar-refractivity contribution in [1.29, 1.82) is 0 Å². The lowest BCUT2D eigenvalue weighted by molar-refractivity contribution is 0.277. The molecule has 4 heteroatoms. The Kier molecular flexibility index (Phi) is 7.53. The summed E-state index contributed by atoms with van der Waals surface area (Å²) in [6, 6.07) is 6.07. The van der Waals surface area contributed by atoms with Crippen molar-refractivity contribution in [1.82, 2.24) is 0 Å². The lowest BCUT2D eigenvalue weighted by atomic mass is 10.2. The Hall–Kier alpha value is -0.350. The van der Waals surface area contributed by atoms with E-state index >= 15 is 0 Å². The lowest BCUT2D eigenvalue weighted by Crippen LogP contribution is -2.02. The van der Waals surface area contributed by atoms with Gasteiger partial charge in [-0.3, -0.25) is 0 Å². The van der Waals surface area contributed by atoms with E-state index in [0.29, 0.717) is 6.61 Å². The third-order valence-corrected chi connectivity index (χ3v) is 3.56. The maximum Gasteiger partial charge on any atom is 0.161 e. The molecule has 0 aliphatic carbocycles. The van der Waals surface area contributed by atoms with Crippen LogP contribution in [-0.2, 0) is 5.33 Å². The minimum absolute atomic E-state index is 0.660. The first-order valence-corrected chi connectivity index (χ1v) is 8.26. The van der Waals surface area contributed by atoms with Gasteiger partial charge in [-0.2, -0.15) is 11.8 Å². The van der Waals surface area contributed by atoms with Gasteiger partial charge in [0.25, 0.3) is 0 Å². The first kappa shape index (κ1) is 14.7. The maximum atomic E-state index is 5.74. The Morgan fingerprint density at radius 3 is 2.71 bits per heavy atom. The Morgan fingerprint density at radius 1 is 1.24 bits per heavy atom. The molecule has 17 heavy (non-hydrogen) atoms. The molecular formula is C13H19BrO2S. The van der Waals surface area contributed by atoms with E-state index in [1.165, 1.54) is 5.56 Å². The maximum absolute atomic E-state index is 5.74. The largest absolute Gasteiger partial charge is 0.490 e. The minimum Gasteiger partial charge on any atom is -0.490 e. The second-order valence-corrected chi connectivity index (χ2v) is 5.09. The van der Waals surface area contributed by atoms with E-state index in [2.05, 4.69) is 28.3 Å². The van der Waals surface area contributed by atoms with Crippen molar-refractivity contribution in [3.63, 3.8) is 0 Å². The molecule has 0 amide bonds. The van der Waals surface area contributed by atoms with Gasteiger partial charge >= 0.3 is 0 Å².